The number of carbonyl (C=O) groups is 1. The van der Waals surface area contributed by atoms with Crippen LogP contribution in [0.3, 0.4) is 0 Å². The van der Waals surface area contributed by atoms with E-state index >= 15 is 0 Å². The van der Waals surface area contributed by atoms with Gasteiger partial charge in [-0.1, -0.05) is 32.4 Å². The van der Waals surface area contributed by atoms with Crippen LogP contribution in [-0.2, 0) is 11.2 Å². The Bertz CT molecular complexity index is 637. The van der Waals surface area contributed by atoms with E-state index in [4.69, 9.17) is 11.6 Å². The Kier molecular flexibility index (Phi) is 4.28. The van der Waals surface area contributed by atoms with E-state index in [0.717, 1.165) is 5.82 Å². The van der Waals surface area contributed by atoms with Crippen LogP contribution in [0.25, 0.3) is 11.2 Å². The molecule has 0 aliphatic heterocycles. The first-order valence-electron chi connectivity index (χ1n) is 6.69. The first kappa shape index (κ1) is 14.8. The molecule has 5 nitrogen and oxygen atoms in total. The van der Waals surface area contributed by atoms with Gasteiger partial charge in [0.05, 0.1) is 5.02 Å². The van der Waals surface area contributed by atoms with E-state index in [1.807, 2.05) is 6.92 Å². The summed E-state index contributed by atoms with van der Waals surface area (Å²) in [7, 11) is 0. The molecule has 6 heteroatoms. The first-order chi connectivity index (χ1) is 9.43. The molecule has 0 amide bonds. The van der Waals surface area contributed by atoms with Gasteiger partial charge >= 0.3 is 5.97 Å². The van der Waals surface area contributed by atoms with E-state index in [1.165, 1.54) is 6.20 Å². The number of rotatable bonds is 5. The van der Waals surface area contributed by atoms with Crippen molar-refractivity contribution in [2.24, 2.45) is 5.92 Å². The molecule has 2 aromatic rings. The highest BCUT2D eigenvalue weighted by molar-refractivity contribution is 6.31. The van der Waals surface area contributed by atoms with Gasteiger partial charge in [0.15, 0.2) is 5.65 Å². The molecule has 0 spiro atoms. The van der Waals surface area contributed by atoms with Crippen LogP contribution in [0.1, 0.15) is 39.1 Å². The SMILES string of the molecule is CCC(C(=O)O)n1c(CC(C)C)nc2cc(Cl)cnc21. The van der Waals surface area contributed by atoms with Gasteiger partial charge in [0, 0.05) is 12.6 Å². The zero-order valence-electron chi connectivity index (χ0n) is 11.8. The predicted molar refractivity (Wildman–Crippen MR) is 78.0 cm³/mol. The number of imidazole rings is 1. The van der Waals surface area contributed by atoms with Gasteiger partial charge in [-0.3, -0.25) is 4.57 Å². The van der Waals surface area contributed by atoms with Gasteiger partial charge in [-0.2, -0.15) is 0 Å². The Hall–Kier alpha value is -1.62. The number of hydrogen-bond donors (Lipinski definition) is 1. The maximum absolute atomic E-state index is 11.5. The average molecular weight is 296 g/mol. The van der Waals surface area contributed by atoms with Crippen molar-refractivity contribution in [1.29, 1.82) is 0 Å². The molecule has 0 fully saturated rings. The number of carboxylic acid groups (broad SMARTS) is 1. The van der Waals surface area contributed by atoms with Crippen LogP contribution in [0.15, 0.2) is 12.3 Å². The van der Waals surface area contributed by atoms with Gasteiger partial charge in [0.2, 0.25) is 0 Å². The first-order valence-corrected chi connectivity index (χ1v) is 7.07. The van der Waals surface area contributed by atoms with Crippen LogP contribution in [0, 0.1) is 5.92 Å². The van der Waals surface area contributed by atoms with Crippen molar-refractivity contribution in [3.63, 3.8) is 0 Å². The van der Waals surface area contributed by atoms with Crippen molar-refractivity contribution in [3.8, 4) is 0 Å². The smallest absolute Gasteiger partial charge is 0.326 e. The zero-order chi connectivity index (χ0) is 14.9. The second kappa shape index (κ2) is 5.79. The highest BCUT2D eigenvalue weighted by Gasteiger charge is 2.24. The second-order valence-corrected chi connectivity index (χ2v) is 5.69. The number of aromatic nitrogens is 3. The van der Waals surface area contributed by atoms with E-state index in [0.29, 0.717) is 34.9 Å². The van der Waals surface area contributed by atoms with Crippen molar-refractivity contribution < 1.29 is 9.90 Å². The molecule has 0 aromatic carbocycles. The fourth-order valence-electron chi connectivity index (χ4n) is 2.31. The quantitative estimate of drug-likeness (QED) is 0.919. The lowest BCUT2D eigenvalue weighted by Crippen LogP contribution is -2.21. The fourth-order valence-corrected chi connectivity index (χ4v) is 2.46. The molecule has 0 radical (unpaired) electrons. The summed E-state index contributed by atoms with van der Waals surface area (Å²) in [5, 5.41) is 9.92. The Balaban J connectivity index is 2.66. The largest absolute Gasteiger partial charge is 0.480 e. The van der Waals surface area contributed by atoms with Gasteiger partial charge in [-0.05, 0) is 18.4 Å². The Morgan fingerprint density at radius 2 is 2.20 bits per heavy atom. The van der Waals surface area contributed by atoms with Crippen LogP contribution in [0.5, 0.6) is 0 Å². The van der Waals surface area contributed by atoms with Crippen LogP contribution in [0.2, 0.25) is 5.02 Å². The van der Waals surface area contributed by atoms with E-state index < -0.39 is 12.0 Å². The van der Waals surface area contributed by atoms with Crippen LogP contribution < -0.4 is 0 Å². The lowest BCUT2D eigenvalue weighted by atomic mass is 10.1. The highest BCUT2D eigenvalue weighted by Crippen LogP contribution is 2.25. The molecule has 1 N–H and O–H groups in total. The summed E-state index contributed by atoms with van der Waals surface area (Å²) in [6, 6.07) is 1.07. The maximum atomic E-state index is 11.5. The third kappa shape index (κ3) is 2.77. The molecule has 1 unspecified atom stereocenters. The minimum Gasteiger partial charge on any atom is -0.480 e. The number of carboxylic acids is 1. The summed E-state index contributed by atoms with van der Waals surface area (Å²) in [5.74, 6) is 0.264. The minimum absolute atomic E-state index is 0.382. The molecule has 2 heterocycles. The topological polar surface area (TPSA) is 68.0 Å². The maximum Gasteiger partial charge on any atom is 0.326 e. The van der Waals surface area contributed by atoms with Crippen LogP contribution in [-0.4, -0.2) is 25.6 Å². The van der Waals surface area contributed by atoms with Gasteiger partial charge < -0.3 is 5.11 Å². The van der Waals surface area contributed by atoms with Crippen molar-refractivity contribution in [2.75, 3.05) is 0 Å². The number of halogens is 1. The van der Waals surface area contributed by atoms with Crippen molar-refractivity contribution in [2.45, 2.75) is 39.7 Å². The molecule has 0 saturated carbocycles. The Labute approximate surface area is 122 Å². The lowest BCUT2D eigenvalue weighted by molar-refractivity contribution is -0.141. The molecule has 1 atom stereocenters. The number of pyridine rings is 1. The normalized spacial score (nSPS) is 13.1. The summed E-state index contributed by atoms with van der Waals surface area (Å²) >= 11 is 5.93. The van der Waals surface area contributed by atoms with E-state index in [2.05, 4.69) is 23.8 Å². The fraction of sp³-hybridized carbons (Fsp3) is 0.500. The van der Waals surface area contributed by atoms with Crippen molar-refractivity contribution in [1.82, 2.24) is 14.5 Å². The summed E-state index contributed by atoms with van der Waals surface area (Å²) in [6.45, 7) is 6.00. The second-order valence-electron chi connectivity index (χ2n) is 5.25. The van der Waals surface area contributed by atoms with Crippen molar-refractivity contribution in [3.05, 3.63) is 23.1 Å². The number of hydrogen-bond acceptors (Lipinski definition) is 3. The zero-order valence-corrected chi connectivity index (χ0v) is 12.6. The van der Waals surface area contributed by atoms with Crippen molar-refractivity contribution >= 4 is 28.7 Å². The molecule has 108 valence electrons. The van der Waals surface area contributed by atoms with E-state index in [9.17, 15) is 9.90 Å². The number of aliphatic carboxylic acids is 1. The van der Waals surface area contributed by atoms with Gasteiger partial charge in [0.1, 0.15) is 17.4 Å². The average Bonchev–Trinajstić information content (AvgIpc) is 2.66. The molecular formula is C14H18ClN3O2. The molecule has 2 aromatic heterocycles. The summed E-state index contributed by atoms with van der Waals surface area (Å²) < 4.78 is 1.73. The van der Waals surface area contributed by atoms with Gasteiger partial charge in [0.25, 0.3) is 0 Å². The standard InChI is InChI=1S/C14H18ClN3O2/c1-4-11(14(19)20)18-12(5-8(2)3)17-10-6-9(15)7-16-13(10)18/h6-8,11H,4-5H2,1-3H3,(H,19,20). The lowest BCUT2D eigenvalue weighted by Gasteiger charge is -2.16. The molecule has 2 rings (SSSR count). The third-order valence-electron chi connectivity index (χ3n) is 3.14. The van der Waals surface area contributed by atoms with Crippen LogP contribution in [0.4, 0.5) is 0 Å². The Morgan fingerprint density at radius 1 is 1.50 bits per heavy atom. The van der Waals surface area contributed by atoms with Gasteiger partial charge in [-0.25, -0.2) is 14.8 Å². The number of fused-ring (bicyclic) bond motifs is 1. The Morgan fingerprint density at radius 3 is 2.75 bits per heavy atom. The minimum atomic E-state index is -0.867. The summed E-state index contributed by atoms with van der Waals surface area (Å²) in [5.41, 5.74) is 1.23. The summed E-state index contributed by atoms with van der Waals surface area (Å²) in [6.07, 6.45) is 2.71. The third-order valence-corrected chi connectivity index (χ3v) is 3.35. The monoisotopic (exact) mass is 295 g/mol. The van der Waals surface area contributed by atoms with Gasteiger partial charge in [-0.15, -0.1) is 0 Å². The summed E-state index contributed by atoms with van der Waals surface area (Å²) in [4.78, 5) is 20.3. The van der Waals surface area contributed by atoms with Crippen LogP contribution >= 0.6 is 11.6 Å². The molecule has 20 heavy (non-hydrogen) atoms. The predicted octanol–water partition coefficient (Wildman–Crippen LogP) is 3.32. The molecule has 0 bridgehead atoms. The number of nitrogens with zero attached hydrogens (tertiary/aromatic N) is 3. The molecular weight excluding hydrogens is 278 g/mol. The van der Waals surface area contributed by atoms with E-state index in [1.54, 1.807) is 10.6 Å². The highest BCUT2D eigenvalue weighted by atomic mass is 35.5. The molecule has 0 aliphatic carbocycles. The molecule has 0 aliphatic rings. The molecule has 0 saturated heterocycles. The van der Waals surface area contributed by atoms with E-state index in [-0.39, 0.29) is 0 Å².